The largest absolute Gasteiger partial charge is 0.365 e. The Morgan fingerprint density at radius 1 is 1.25 bits per heavy atom. The maximum absolute atomic E-state index is 4.79. The van der Waals surface area contributed by atoms with E-state index >= 15 is 0 Å². The quantitative estimate of drug-likeness (QED) is 0.928. The molecule has 2 heterocycles. The summed E-state index contributed by atoms with van der Waals surface area (Å²) in [5.74, 6) is 1.26. The number of aliphatic imine (C=N–C) groups is 1. The number of thioether (sulfide) groups is 1. The molecule has 0 atom stereocenters. The third kappa shape index (κ3) is 3.54. The van der Waals surface area contributed by atoms with Gasteiger partial charge in [-0.05, 0) is 36.3 Å². The molecule has 1 fully saturated rings. The molecule has 1 aliphatic carbocycles. The van der Waals surface area contributed by atoms with Gasteiger partial charge in [-0.2, -0.15) is 0 Å². The van der Waals surface area contributed by atoms with E-state index in [2.05, 4.69) is 16.4 Å². The highest BCUT2D eigenvalue weighted by molar-refractivity contribution is 8.13. The molecule has 3 rings (SSSR count). The van der Waals surface area contributed by atoms with Crippen molar-refractivity contribution >= 4 is 16.9 Å². The monoisotopic (exact) mass is 289 g/mol. The number of rotatable bonds is 3. The van der Waals surface area contributed by atoms with E-state index in [1.165, 1.54) is 43.4 Å². The number of amidine groups is 1. The second-order valence-electron chi connectivity index (χ2n) is 6.01. The molecule has 0 unspecified atom stereocenters. The summed E-state index contributed by atoms with van der Waals surface area (Å²) in [7, 11) is 0. The van der Waals surface area contributed by atoms with Crippen molar-refractivity contribution in [3.8, 4) is 0 Å². The van der Waals surface area contributed by atoms with Gasteiger partial charge in [0.25, 0.3) is 0 Å². The fourth-order valence-electron chi connectivity index (χ4n) is 3.12. The summed E-state index contributed by atoms with van der Waals surface area (Å²) in [6.07, 6.45) is 11.8. The Balaban J connectivity index is 1.45. The fraction of sp³-hybridized carbons (Fsp3) is 0.625. The van der Waals surface area contributed by atoms with Gasteiger partial charge in [0.15, 0.2) is 5.17 Å². The standard InChI is InChI=1S/C16H23N3S/c1-2-7-16(8-3-1)12-19-15(20-13-16)18-10-6-14-5-4-9-17-11-14/h4-5,9,11H,1-3,6-8,10,12-13H2,(H,18,19). The number of nitrogens with zero attached hydrogens (tertiary/aromatic N) is 2. The summed E-state index contributed by atoms with van der Waals surface area (Å²) >= 11 is 1.93. The van der Waals surface area contributed by atoms with Crippen LogP contribution in [0.25, 0.3) is 0 Å². The zero-order valence-corrected chi connectivity index (χ0v) is 12.8. The lowest BCUT2D eigenvalue weighted by atomic mass is 9.75. The summed E-state index contributed by atoms with van der Waals surface area (Å²) < 4.78 is 0. The predicted octanol–water partition coefficient (Wildman–Crippen LogP) is 3.27. The summed E-state index contributed by atoms with van der Waals surface area (Å²) in [6.45, 7) is 1.99. The third-order valence-corrected chi connectivity index (χ3v) is 5.70. The minimum Gasteiger partial charge on any atom is -0.365 e. The average Bonchev–Trinajstić information content (AvgIpc) is 2.52. The zero-order valence-electron chi connectivity index (χ0n) is 12.0. The van der Waals surface area contributed by atoms with Crippen molar-refractivity contribution in [3.05, 3.63) is 30.1 Å². The molecule has 0 saturated heterocycles. The highest BCUT2D eigenvalue weighted by Crippen LogP contribution is 2.41. The van der Waals surface area contributed by atoms with Crippen LogP contribution in [-0.2, 0) is 6.42 Å². The van der Waals surface area contributed by atoms with Crippen molar-refractivity contribution in [1.82, 2.24) is 10.3 Å². The zero-order chi connectivity index (χ0) is 13.7. The molecule has 1 aromatic rings. The van der Waals surface area contributed by atoms with E-state index in [0.717, 1.165) is 24.7 Å². The van der Waals surface area contributed by atoms with Crippen molar-refractivity contribution in [2.75, 3.05) is 18.8 Å². The Morgan fingerprint density at radius 3 is 2.85 bits per heavy atom. The molecule has 4 heteroatoms. The third-order valence-electron chi connectivity index (χ3n) is 4.40. The van der Waals surface area contributed by atoms with Crippen LogP contribution in [0.2, 0.25) is 0 Å². The lowest BCUT2D eigenvalue weighted by Gasteiger charge is -2.38. The van der Waals surface area contributed by atoms with Gasteiger partial charge in [-0.25, -0.2) is 0 Å². The van der Waals surface area contributed by atoms with Gasteiger partial charge in [-0.15, -0.1) is 0 Å². The van der Waals surface area contributed by atoms with E-state index in [4.69, 9.17) is 4.99 Å². The van der Waals surface area contributed by atoms with Crippen molar-refractivity contribution in [2.24, 2.45) is 10.4 Å². The van der Waals surface area contributed by atoms with Crippen LogP contribution in [0.15, 0.2) is 29.5 Å². The maximum atomic E-state index is 4.79. The van der Waals surface area contributed by atoms with Crippen LogP contribution in [0, 0.1) is 5.41 Å². The lowest BCUT2D eigenvalue weighted by molar-refractivity contribution is 0.232. The highest BCUT2D eigenvalue weighted by Gasteiger charge is 2.34. The van der Waals surface area contributed by atoms with E-state index in [-0.39, 0.29) is 0 Å². The van der Waals surface area contributed by atoms with Crippen molar-refractivity contribution < 1.29 is 0 Å². The number of hydrogen-bond acceptors (Lipinski definition) is 4. The van der Waals surface area contributed by atoms with E-state index in [0.29, 0.717) is 5.41 Å². The van der Waals surface area contributed by atoms with Gasteiger partial charge < -0.3 is 5.32 Å². The van der Waals surface area contributed by atoms with Crippen LogP contribution in [0.3, 0.4) is 0 Å². The Bertz CT molecular complexity index is 452. The summed E-state index contributed by atoms with van der Waals surface area (Å²) in [4.78, 5) is 8.93. The Labute approximate surface area is 125 Å². The van der Waals surface area contributed by atoms with Gasteiger partial charge in [0.2, 0.25) is 0 Å². The van der Waals surface area contributed by atoms with Crippen molar-refractivity contribution in [2.45, 2.75) is 38.5 Å². The first-order valence-corrected chi connectivity index (χ1v) is 8.65. The molecule has 2 aliphatic rings. The first kappa shape index (κ1) is 13.9. The molecule has 1 aromatic heterocycles. The number of pyridine rings is 1. The van der Waals surface area contributed by atoms with Crippen LogP contribution in [0.4, 0.5) is 0 Å². The lowest BCUT2D eigenvalue weighted by Crippen LogP contribution is -2.37. The first-order valence-electron chi connectivity index (χ1n) is 7.66. The molecule has 1 spiro atoms. The van der Waals surface area contributed by atoms with Crippen LogP contribution in [-0.4, -0.2) is 29.0 Å². The average molecular weight is 289 g/mol. The second-order valence-corrected chi connectivity index (χ2v) is 6.97. The molecule has 3 nitrogen and oxygen atoms in total. The van der Waals surface area contributed by atoms with Crippen molar-refractivity contribution in [3.63, 3.8) is 0 Å². The molecule has 0 bridgehead atoms. The van der Waals surface area contributed by atoms with Gasteiger partial charge in [0.1, 0.15) is 0 Å². The van der Waals surface area contributed by atoms with Gasteiger partial charge in [-0.3, -0.25) is 9.98 Å². The van der Waals surface area contributed by atoms with E-state index in [9.17, 15) is 0 Å². The molecular weight excluding hydrogens is 266 g/mol. The van der Waals surface area contributed by atoms with Gasteiger partial charge in [0.05, 0.1) is 0 Å². The molecule has 0 aromatic carbocycles. The molecule has 20 heavy (non-hydrogen) atoms. The van der Waals surface area contributed by atoms with Crippen LogP contribution in [0.5, 0.6) is 0 Å². The molecule has 1 saturated carbocycles. The van der Waals surface area contributed by atoms with Crippen LogP contribution < -0.4 is 5.32 Å². The summed E-state index contributed by atoms with van der Waals surface area (Å²) in [6, 6.07) is 4.12. The molecule has 0 radical (unpaired) electrons. The highest BCUT2D eigenvalue weighted by atomic mass is 32.2. The molecule has 1 N–H and O–H groups in total. The van der Waals surface area contributed by atoms with Crippen molar-refractivity contribution in [1.29, 1.82) is 0 Å². The van der Waals surface area contributed by atoms with E-state index in [1.807, 2.05) is 30.2 Å². The fourth-order valence-corrected chi connectivity index (χ4v) is 4.31. The van der Waals surface area contributed by atoms with E-state index < -0.39 is 0 Å². The second kappa shape index (κ2) is 6.61. The van der Waals surface area contributed by atoms with Crippen LogP contribution in [0.1, 0.15) is 37.7 Å². The first-order chi connectivity index (χ1) is 9.86. The smallest absolute Gasteiger partial charge is 0.156 e. The Morgan fingerprint density at radius 2 is 2.15 bits per heavy atom. The Kier molecular flexibility index (Phi) is 4.61. The minimum absolute atomic E-state index is 0.525. The van der Waals surface area contributed by atoms with E-state index in [1.54, 1.807) is 0 Å². The SMILES string of the molecule is c1cncc(CCNC2=NCC3(CCCCC3)CS2)c1. The number of hydrogen-bond donors (Lipinski definition) is 1. The molecule has 0 amide bonds. The number of nitrogens with one attached hydrogen (secondary N) is 1. The molecule has 1 aliphatic heterocycles. The summed E-state index contributed by atoms with van der Waals surface area (Å²) in [5, 5.41) is 4.62. The molecular formula is C16H23N3S. The Hall–Kier alpha value is -1.03. The normalized spacial score (nSPS) is 21.5. The predicted molar refractivity (Wildman–Crippen MR) is 86.2 cm³/mol. The topological polar surface area (TPSA) is 37.3 Å². The summed E-state index contributed by atoms with van der Waals surface area (Å²) in [5.41, 5.74) is 1.81. The maximum Gasteiger partial charge on any atom is 0.156 e. The minimum atomic E-state index is 0.525. The van der Waals surface area contributed by atoms with Crippen LogP contribution >= 0.6 is 11.8 Å². The van der Waals surface area contributed by atoms with Gasteiger partial charge in [0, 0.05) is 31.2 Å². The van der Waals surface area contributed by atoms with Gasteiger partial charge >= 0.3 is 0 Å². The molecule has 108 valence electrons. The number of aromatic nitrogens is 1. The van der Waals surface area contributed by atoms with Gasteiger partial charge in [-0.1, -0.05) is 37.1 Å².